The van der Waals surface area contributed by atoms with Crippen molar-refractivity contribution in [2.45, 2.75) is 6.92 Å². The number of hydrogen-bond acceptors (Lipinski definition) is 10. The molecule has 0 aliphatic carbocycles. The number of hydrogen-bond donors (Lipinski definition) is 0. The molecular formula is C33H36O10. The highest BCUT2D eigenvalue weighted by atomic mass is 16.5. The molecule has 0 N–H and O–H groups in total. The quantitative estimate of drug-likeness (QED) is 0.0783. The summed E-state index contributed by atoms with van der Waals surface area (Å²) >= 11 is 0. The van der Waals surface area contributed by atoms with Crippen molar-refractivity contribution in [2.75, 3.05) is 56.4 Å². The predicted octanol–water partition coefficient (Wildman–Crippen LogP) is 5.50. The third kappa shape index (κ3) is 7.40. The fourth-order valence-corrected chi connectivity index (χ4v) is 4.32. The van der Waals surface area contributed by atoms with E-state index >= 15 is 0 Å². The number of carbonyl (C=O) groups is 2. The molecule has 0 bridgehead atoms. The monoisotopic (exact) mass is 592 g/mol. The SMILES string of the molecule is CCOC(=O)C(=Cc1cc(OC)c(OC)c(OC)c1)C(=O)C(=Cc1cc(OC)c(OC)c(OC)c1)c1ccc(OC)cc1. The van der Waals surface area contributed by atoms with Gasteiger partial charge >= 0.3 is 5.97 Å². The predicted molar refractivity (Wildman–Crippen MR) is 163 cm³/mol. The summed E-state index contributed by atoms with van der Waals surface area (Å²) in [6.45, 7) is 1.72. The highest BCUT2D eigenvalue weighted by molar-refractivity contribution is 6.41. The molecule has 0 saturated carbocycles. The molecule has 0 amide bonds. The van der Waals surface area contributed by atoms with E-state index in [1.807, 2.05) is 0 Å². The zero-order chi connectivity index (χ0) is 31.5. The summed E-state index contributed by atoms with van der Waals surface area (Å²) in [7, 11) is 10.5. The van der Waals surface area contributed by atoms with Gasteiger partial charge in [-0.2, -0.15) is 0 Å². The summed E-state index contributed by atoms with van der Waals surface area (Å²) in [4.78, 5) is 27.6. The van der Waals surface area contributed by atoms with Crippen molar-refractivity contribution in [3.63, 3.8) is 0 Å². The Hall–Kier alpha value is -5.12. The van der Waals surface area contributed by atoms with Crippen LogP contribution in [0.4, 0.5) is 0 Å². The molecule has 3 aromatic carbocycles. The second-order valence-corrected chi connectivity index (χ2v) is 8.81. The van der Waals surface area contributed by atoms with Crippen molar-refractivity contribution in [3.8, 4) is 40.2 Å². The molecule has 0 spiro atoms. The number of allylic oxidation sites excluding steroid dienone is 1. The zero-order valence-corrected chi connectivity index (χ0v) is 25.6. The molecule has 0 fully saturated rings. The summed E-state index contributed by atoms with van der Waals surface area (Å²) < 4.78 is 43.4. The fourth-order valence-electron chi connectivity index (χ4n) is 4.32. The molecule has 3 aromatic rings. The molecule has 0 aliphatic heterocycles. The van der Waals surface area contributed by atoms with Crippen molar-refractivity contribution >= 4 is 29.5 Å². The summed E-state index contributed by atoms with van der Waals surface area (Å²) in [5, 5.41) is 0. The Morgan fingerprint density at radius 2 is 1.05 bits per heavy atom. The molecule has 10 nitrogen and oxygen atoms in total. The van der Waals surface area contributed by atoms with E-state index in [1.165, 1.54) is 48.7 Å². The molecular weight excluding hydrogens is 556 g/mol. The second-order valence-electron chi connectivity index (χ2n) is 8.81. The first-order chi connectivity index (χ1) is 20.8. The third-order valence-corrected chi connectivity index (χ3v) is 6.38. The van der Waals surface area contributed by atoms with Gasteiger partial charge in [-0.25, -0.2) is 4.79 Å². The number of ether oxygens (including phenoxy) is 8. The maximum absolute atomic E-state index is 14.3. The van der Waals surface area contributed by atoms with Gasteiger partial charge in [0.15, 0.2) is 23.0 Å². The molecule has 0 unspecified atom stereocenters. The Labute approximate surface area is 251 Å². The molecule has 0 radical (unpaired) electrons. The second kappa shape index (κ2) is 15.2. The first-order valence-corrected chi connectivity index (χ1v) is 13.2. The standard InChI is InChI=1S/C33H36O10/c1-9-43-33(35)25(15-21-18-28(39-5)32(42-8)29(19-21)40-6)30(34)24(22-10-12-23(36-2)13-11-22)14-20-16-26(37-3)31(41-7)27(17-20)38-4/h10-19H,9H2,1-8H3. The minimum absolute atomic E-state index is 0.0627. The number of benzene rings is 3. The maximum Gasteiger partial charge on any atom is 0.342 e. The van der Waals surface area contributed by atoms with Gasteiger partial charge in [0.25, 0.3) is 0 Å². The molecule has 0 saturated heterocycles. The summed E-state index contributed by atoms with van der Waals surface area (Å²) in [5.74, 6) is 1.47. The molecule has 228 valence electrons. The van der Waals surface area contributed by atoms with E-state index < -0.39 is 11.8 Å². The number of carbonyl (C=O) groups excluding carboxylic acids is 2. The van der Waals surface area contributed by atoms with E-state index in [2.05, 4.69) is 0 Å². The summed E-state index contributed by atoms with van der Waals surface area (Å²) in [6.07, 6.45) is 3.06. The van der Waals surface area contributed by atoms with E-state index in [1.54, 1.807) is 68.6 Å². The van der Waals surface area contributed by atoms with E-state index in [0.717, 1.165) is 0 Å². The van der Waals surface area contributed by atoms with Crippen LogP contribution in [0.15, 0.2) is 54.1 Å². The summed E-state index contributed by atoms with van der Waals surface area (Å²) in [5.41, 5.74) is 1.52. The topological polar surface area (TPSA) is 108 Å². The Balaban J connectivity index is 2.30. The zero-order valence-electron chi connectivity index (χ0n) is 25.6. The molecule has 43 heavy (non-hydrogen) atoms. The van der Waals surface area contributed by atoms with Gasteiger partial charge in [0.1, 0.15) is 11.3 Å². The molecule has 3 rings (SSSR count). The van der Waals surface area contributed by atoms with Gasteiger partial charge in [-0.15, -0.1) is 0 Å². The minimum atomic E-state index is -0.800. The van der Waals surface area contributed by atoms with Crippen LogP contribution >= 0.6 is 0 Å². The van der Waals surface area contributed by atoms with Crippen molar-refractivity contribution in [1.29, 1.82) is 0 Å². The minimum Gasteiger partial charge on any atom is -0.497 e. The Bertz CT molecular complexity index is 1450. The highest BCUT2D eigenvalue weighted by Gasteiger charge is 2.26. The molecule has 0 atom stereocenters. The van der Waals surface area contributed by atoms with Crippen LogP contribution in [0.3, 0.4) is 0 Å². The third-order valence-electron chi connectivity index (χ3n) is 6.38. The van der Waals surface area contributed by atoms with Crippen LogP contribution in [0.2, 0.25) is 0 Å². The Morgan fingerprint density at radius 3 is 1.42 bits per heavy atom. The molecule has 10 heteroatoms. The average Bonchev–Trinajstić information content (AvgIpc) is 3.04. The van der Waals surface area contributed by atoms with Crippen molar-refractivity contribution in [3.05, 3.63) is 70.8 Å². The van der Waals surface area contributed by atoms with Gasteiger partial charge in [-0.3, -0.25) is 4.79 Å². The lowest BCUT2D eigenvalue weighted by Gasteiger charge is -2.15. The largest absolute Gasteiger partial charge is 0.497 e. The van der Waals surface area contributed by atoms with Gasteiger partial charge < -0.3 is 37.9 Å². The van der Waals surface area contributed by atoms with Crippen molar-refractivity contribution in [2.24, 2.45) is 0 Å². The van der Waals surface area contributed by atoms with Crippen LogP contribution in [-0.2, 0) is 14.3 Å². The van der Waals surface area contributed by atoms with E-state index in [9.17, 15) is 9.59 Å². The highest BCUT2D eigenvalue weighted by Crippen LogP contribution is 2.41. The first kappa shape index (κ1) is 32.4. The van der Waals surface area contributed by atoms with Crippen molar-refractivity contribution in [1.82, 2.24) is 0 Å². The fraction of sp³-hybridized carbons (Fsp3) is 0.273. The van der Waals surface area contributed by atoms with Gasteiger partial charge in [-0.1, -0.05) is 12.1 Å². The number of rotatable bonds is 14. The van der Waals surface area contributed by atoms with Crippen LogP contribution in [0.25, 0.3) is 17.7 Å². The molecule has 0 aliphatic rings. The van der Waals surface area contributed by atoms with Gasteiger partial charge in [0.05, 0.1) is 56.4 Å². The Morgan fingerprint density at radius 1 is 0.605 bits per heavy atom. The lowest BCUT2D eigenvalue weighted by atomic mass is 9.93. The maximum atomic E-state index is 14.3. The van der Waals surface area contributed by atoms with Crippen LogP contribution in [-0.4, -0.2) is 68.1 Å². The lowest BCUT2D eigenvalue weighted by molar-refractivity contribution is -0.139. The van der Waals surface area contributed by atoms with Crippen LogP contribution in [0.5, 0.6) is 40.2 Å². The van der Waals surface area contributed by atoms with E-state index in [0.29, 0.717) is 56.9 Å². The lowest BCUT2D eigenvalue weighted by Crippen LogP contribution is -2.17. The summed E-state index contributed by atoms with van der Waals surface area (Å²) in [6, 6.07) is 13.5. The molecule has 0 aromatic heterocycles. The van der Waals surface area contributed by atoms with E-state index in [-0.39, 0.29) is 17.8 Å². The number of esters is 1. The van der Waals surface area contributed by atoms with Gasteiger partial charge in [-0.05, 0) is 72.2 Å². The van der Waals surface area contributed by atoms with Crippen molar-refractivity contribution < 1.29 is 47.5 Å². The molecule has 0 heterocycles. The normalized spacial score (nSPS) is 11.3. The number of Topliss-reactive ketones (excluding diaryl/α,β-unsaturated/α-hetero) is 1. The number of ketones is 1. The smallest absolute Gasteiger partial charge is 0.342 e. The Kier molecular flexibility index (Phi) is 11.5. The van der Waals surface area contributed by atoms with Crippen LogP contribution < -0.4 is 33.2 Å². The number of methoxy groups -OCH3 is 7. The van der Waals surface area contributed by atoms with E-state index in [4.69, 9.17) is 37.9 Å². The van der Waals surface area contributed by atoms with Crippen LogP contribution in [0, 0.1) is 0 Å². The van der Waals surface area contributed by atoms with Crippen LogP contribution in [0.1, 0.15) is 23.6 Å². The first-order valence-electron chi connectivity index (χ1n) is 13.2. The van der Waals surface area contributed by atoms with Gasteiger partial charge in [0, 0.05) is 5.57 Å². The average molecular weight is 593 g/mol. The van der Waals surface area contributed by atoms with Gasteiger partial charge in [0.2, 0.25) is 17.3 Å².